The topological polar surface area (TPSA) is 44.7 Å². The van der Waals surface area contributed by atoms with Crippen molar-refractivity contribution in [2.75, 3.05) is 50.8 Å². The first-order chi connectivity index (χ1) is 16.3. The number of hydrogen-bond acceptors (Lipinski definition) is 6. The Labute approximate surface area is 196 Å². The van der Waals surface area contributed by atoms with Crippen LogP contribution in [0.5, 0.6) is 5.75 Å². The predicted octanol–water partition coefficient (Wildman–Crippen LogP) is 3.63. The number of nitrogens with zero attached hydrogens (tertiary/aromatic N) is 5. The summed E-state index contributed by atoms with van der Waals surface area (Å²) in [4.78, 5) is 16.1. The number of aromatic nitrogens is 2. The third-order valence-corrected chi connectivity index (χ3v) is 6.58. The lowest BCUT2D eigenvalue weighted by Gasteiger charge is -2.34. The van der Waals surface area contributed by atoms with Crippen LogP contribution >= 0.6 is 0 Å². The Bertz CT molecular complexity index is 1010. The number of ether oxygens (including phenoxy) is 1. The van der Waals surface area contributed by atoms with Gasteiger partial charge in [0.1, 0.15) is 12.4 Å². The SMILES string of the molecule is c1ccc(CCCN2CCOc3ccc(CN4CCN(c5ncccn5)CC4)cc3C2)cc1. The fraction of sp³-hybridized carbons (Fsp3) is 0.407. The Morgan fingerprint density at radius 2 is 1.61 bits per heavy atom. The lowest BCUT2D eigenvalue weighted by atomic mass is 10.1. The highest BCUT2D eigenvalue weighted by molar-refractivity contribution is 5.38. The summed E-state index contributed by atoms with van der Waals surface area (Å²) in [5.74, 6) is 1.89. The summed E-state index contributed by atoms with van der Waals surface area (Å²) >= 11 is 0. The third kappa shape index (κ3) is 5.89. The summed E-state index contributed by atoms with van der Waals surface area (Å²) in [5, 5.41) is 0. The van der Waals surface area contributed by atoms with E-state index in [0.29, 0.717) is 0 Å². The molecule has 5 rings (SSSR count). The van der Waals surface area contributed by atoms with E-state index in [-0.39, 0.29) is 0 Å². The quantitative estimate of drug-likeness (QED) is 0.556. The van der Waals surface area contributed by atoms with Gasteiger partial charge in [-0.1, -0.05) is 36.4 Å². The molecule has 0 unspecified atom stereocenters. The lowest BCUT2D eigenvalue weighted by molar-refractivity contribution is 0.224. The minimum atomic E-state index is 0.765. The highest BCUT2D eigenvalue weighted by atomic mass is 16.5. The fourth-order valence-electron chi connectivity index (χ4n) is 4.76. The molecule has 0 radical (unpaired) electrons. The van der Waals surface area contributed by atoms with Crippen LogP contribution in [0.2, 0.25) is 0 Å². The standard InChI is InChI=1S/C27H33N5O/c1-2-6-23(7-3-1)8-4-13-30-18-19-33-26-10-9-24(20-25(26)22-30)21-31-14-16-32(17-15-31)27-28-11-5-12-29-27/h1-3,5-7,9-12,20H,4,8,13-19,21-22H2. The summed E-state index contributed by atoms with van der Waals surface area (Å²) in [5.41, 5.74) is 4.11. The van der Waals surface area contributed by atoms with Crippen LogP contribution < -0.4 is 9.64 Å². The van der Waals surface area contributed by atoms with Gasteiger partial charge >= 0.3 is 0 Å². The second-order valence-electron chi connectivity index (χ2n) is 8.97. The first kappa shape index (κ1) is 21.9. The molecule has 3 aromatic rings. The molecule has 1 aromatic heterocycles. The molecule has 1 fully saturated rings. The molecular formula is C27H33N5O. The smallest absolute Gasteiger partial charge is 0.225 e. The molecule has 2 aliphatic rings. The molecule has 0 bridgehead atoms. The maximum absolute atomic E-state index is 6.08. The molecular weight excluding hydrogens is 410 g/mol. The molecule has 0 aliphatic carbocycles. The maximum atomic E-state index is 6.08. The molecule has 1 saturated heterocycles. The highest BCUT2D eigenvalue weighted by Crippen LogP contribution is 2.25. The van der Waals surface area contributed by atoms with E-state index in [2.05, 4.69) is 73.2 Å². The summed E-state index contributed by atoms with van der Waals surface area (Å²) < 4.78 is 6.08. The second-order valence-corrected chi connectivity index (χ2v) is 8.97. The summed E-state index contributed by atoms with van der Waals surface area (Å²) in [6.45, 7) is 8.78. The van der Waals surface area contributed by atoms with Crippen LogP contribution in [0.1, 0.15) is 23.1 Å². The van der Waals surface area contributed by atoms with Gasteiger partial charge in [0.2, 0.25) is 5.95 Å². The van der Waals surface area contributed by atoms with Gasteiger partial charge in [-0.05, 0) is 48.7 Å². The van der Waals surface area contributed by atoms with Gasteiger partial charge in [0.25, 0.3) is 0 Å². The molecule has 6 nitrogen and oxygen atoms in total. The van der Waals surface area contributed by atoms with Crippen LogP contribution in [-0.2, 0) is 19.5 Å². The zero-order valence-electron chi connectivity index (χ0n) is 19.3. The molecule has 6 heteroatoms. The van der Waals surface area contributed by atoms with Crippen molar-refractivity contribution in [3.63, 3.8) is 0 Å². The second kappa shape index (κ2) is 10.8. The predicted molar refractivity (Wildman–Crippen MR) is 131 cm³/mol. The number of anilines is 1. The van der Waals surface area contributed by atoms with E-state index in [1.165, 1.54) is 23.1 Å². The van der Waals surface area contributed by atoms with Crippen molar-refractivity contribution in [2.24, 2.45) is 0 Å². The zero-order chi connectivity index (χ0) is 22.3. The number of aryl methyl sites for hydroxylation is 1. The Balaban J connectivity index is 1.15. The fourth-order valence-corrected chi connectivity index (χ4v) is 4.76. The van der Waals surface area contributed by atoms with Gasteiger partial charge in [0.05, 0.1) is 0 Å². The number of rotatable bonds is 7. The molecule has 3 heterocycles. The van der Waals surface area contributed by atoms with Crippen LogP contribution in [-0.4, -0.2) is 65.6 Å². The molecule has 0 amide bonds. The Morgan fingerprint density at radius 1 is 0.788 bits per heavy atom. The van der Waals surface area contributed by atoms with Gasteiger partial charge in [-0.15, -0.1) is 0 Å². The Kier molecular flexibility index (Phi) is 7.14. The average Bonchev–Trinajstić information content (AvgIpc) is 3.07. The average molecular weight is 444 g/mol. The van der Waals surface area contributed by atoms with E-state index >= 15 is 0 Å². The summed E-state index contributed by atoms with van der Waals surface area (Å²) in [6, 6.07) is 19.4. The molecule has 172 valence electrons. The normalized spacial score (nSPS) is 17.3. The third-order valence-electron chi connectivity index (χ3n) is 6.58. The van der Waals surface area contributed by atoms with Gasteiger partial charge in [-0.25, -0.2) is 9.97 Å². The van der Waals surface area contributed by atoms with Crippen molar-refractivity contribution < 1.29 is 4.74 Å². The minimum Gasteiger partial charge on any atom is -0.492 e. The monoisotopic (exact) mass is 443 g/mol. The maximum Gasteiger partial charge on any atom is 0.225 e. The molecule has 0 N–H and O–H groups in total. The van der Waals surface area contributed by atoms with E-state index in [4.69, 9.17) is 4.74 Å². The minimum absolute atomic E-state index is 0.765. The van der Waals surface area contributed by atoms with Gasteiger partial charge in [-0.3, -0.25) is 9.80 Å². The first-order valence-corrected chi connectivity index (χ1v) is 12.1. The molecule has 33 heavy (non-hydrogen) atoms. The van der Waals surface area contributed by atoms with E-state index in [1.54, 1.807) is 0 Å². The van der Waals surface area contributed by atoms with E-state index in [1.807, 2.05) is 18.5 Å². The van der Waals surface area contributed by atoms with Crippen LogP contribution in [0.25, 0.3) is 0 Å². The number of hydrogen-bond donors (Lipinski definition) is 0. The van der Waals surface area contributed by atoms with Crippen LogP contribution in [0.15, 0.2) is 67.0 Å². The highest BCUT2D eigenvalue weighted by Gasteiger charge is 2.20. The van der Waals surface area contributed by atoms with Gasteiger partial charge in [-0.2, -0.15) is 0 Å². The molecule has 2 aliphatic heterocycles. The van der Waals surface area contributed by atoms with E-state index in [0.717, 1.165) is 77.1 Å². The molecule has 0 spiro atoms. The summed E-state index contributed by atoms with van der Waals surface area (Å²) in [6.07, 6.45) is 5.94. The molecule has 2 aromatic carbocycles. The van der Waals surface area contributed by atoms with Crippen molar-refractivity contribution in [2.45, 2.75) is 25.9 Å². The Morgan fingerprint density at radius 3 is 2.42 bits per heavy atom. The van der Waals surface area contributed by atoms with Crippen molar-refractivity contribution in [3.8, 4) is 5.75 Å². The van der Waals surface area contributed by atoms with Gasteiger partial charge in [0, 0.05) is 63.8 Å². The number of benzene rings is 2. The van der Waals surface area contributed by atoms with E-state index in [9.17, 15) is 0 Å². The molecule has 0 atom stereocenters. The number of fused-ring (bicyclic) bond motifs is 1. The Hall–Kier alpha value is -2.96. The van der Waals surface area contributed by atoms with E-state index < -0.39 is 0 Å². The van der Waals surface area contributed by atoms with Crippen LogP contribution in [0, 0.1) is 0 Å². The van der Waals surface area contributed by atoms with Crippen molar-refractivity contribution >= 4 is 5.95 Å². The molecule has 0 saturated carbocycles. The lowest BCUT2D eigenvalue weighted by Crippen LogP contribution is -2.46. The first-order valence-electron chi connectivity index (χ1n) is 12.1. The van der Waals surface area contributed by atoms with Crippen LogP contribution in [0.4, 0.5) is 5.95 Å². The van der Waals surface area contributed by atoms with Crippen molar-refractivity contribution in [1.82, 2.24) is 19.8 Å². The zero-order valence-corrected chi connectivity index (χ0v) is 19.3. The number of piperazine rings is 1. The van der Waals surface area contributed by atoms with Gasteiger partial charge < -0.3 is 9.64 Å². The van der Waals surface area contributed by atoms with Crippen molar-refractivity contribution in [3.05, 3.63) is 83.7 Å². The van der Waals surface area contributed by atoms with Crippen LogP contribution in [0.3, 0.4) is 0 Å². The van der Waals surface area contributed by atoms with Gasteiger partial charge in [0.15, 0.2) is 0 Å². The summed E-state index contributed by atoms with van der Waals surface area (Å²) in [7, 11) is 0. The largest absolute Gasteiger partial charge is 0.492 e. The van der Waals surface area contributed by atoms with Crippen molar-refractivity contribution in [1.29, 1.82) is 0 Å².